The summed E-state index contributed by atoms with van der Waals surface area (Å²) in [4.78, 5) is 18.1. The van der Waals surface area contributed by atoms with Gasteiger partial charge in [0.15, 0.2) is 11.6 Å². The lowest BCUT2D eigenvalue weighted by atomic mass is 9.96. The Hall–Kier alpha value is -3.97. The summed E-state index contributed by atoms with van der Waals surface area (Å²) in [7, 11) is 0. The van der Waals surface area contributed by atoms with Crippen molar-refractivity contribution < 1.29 is 0 Å². The summed E-state index contributed by atoms with van der Waals surface area (Å²) in [6.45, 7) is 5.43. The molecule has 0 saturated carbocycles. The molecule has 7 heteroatoms. The average molecular weight is 452 g/mol. The molecule has 7 nitrogen and oxygen atoms in total. The first kappa shape index (κ1) is 21.9. The Morgan fingerprint density at radius 3 is 2.06 bits per heavy atom. The summed E-state index contributed by atoms with van der Waals surface area (Å²) >= 11 is 0. The summed E-state index contributed by atoms with van der Waals surface area (Å²) in [5.41, 5.74) is 10.6. The first-order valence-electron chi connectivity index (χ1n) is 11.6. The number of aryl methyl sites for hydroxylation is 1. The number of hydrogen-bond donors (Lipinski definition) is 2. The lowest BCUT2D eigenvalue weighted by Gasteiger charge is -2.40. The molecule has 0 unspecified atom stereocenters. The van der Waals surface area contributed by atoms with Crippen LogP contribution in [0.25, 0.3) is 0 Å². The van der Waals surface area contributed by atoms with Crippen LogP contribution in [0, 0.1) is 6.92 Å². The molecule has 34 heavy (non-hydrogen) atoms. The molecule has 172 valence electrons. The number of pyridine rings is 1. The van der Waals surface area contributed by atoms with Crippen molar-refractivity contribution in [3.8, 4) is 0 Å². The second-order valence-corrected chi connectivity index (χ2v) is 8.50. The average Bonchev–Trinajstić information content (AvgIpc) is 2.87. The Morgan fingerprint density at radius 2 is 1.44 bits per heavy atom. The van der Waals surface area contributed by atoms with Gasteiger partial charge in [-0.15, -0.1) is 0 Å². The third-order valence-electron chi connectivity index (χ3n) is 6.21. The molecule has 1 fully saturated rings. The number of piperazine rings is 1. The Bertz CT molecular complexity index is 1180. The molecule has 0 spiro atoms. The van der Waals surface area contributed by atoms with E-state index < -0.39 is 0 Å². The standard InChI is InChI=1S/C27H29N7/c1-20-9-8-14-23(31-20)32-26-24(28)27(30-19-29-26)34-17-15-33(16-18-34)25(21-10-4-2-5-11-21)22-12-6-3-7-13-22/h2-14,19,25H,15-18,28H2,1H3,(H,29,30,31,32). The number of nitrogen functional groups attached to an aromatic ring is 1. The predicted molar refractivity (Wildman–Crippen MR) is 137 cm³/mol. The molecule has 3 N–H and O–H groups in total. The molecule has 0 radical (unpaired) electrons. The molecule has 5 rings (SSSR count). The zero-order chi connectivity index (χ0) is 23.3. The van der Waals surface area contributed by atoms with E-state index in [2.05, 4.69) is 90.7 Å². The van der Waals surface area contributed by atoms with Crippen molar-refractivity contribution in [2.45, 2.75) is 13.0 Å². The van der Waals surface area contributed by atoms with E-state index in [1.54, 1.807) is 6.33 Å². The van der Waals surface area contributed by atoms with Gasteiger partial charge in [-0.1, -0.05) is 66.7 Å². The second-order valence-electron chi connectivity index (χ2n) is 8.50. The van der Waals surface area contributed by atoms with Crippen LogP contribution in [0.3, 0.4) is 0 Å². The quantitative estimate of drug-likeness (QED) is 0.449. The third kappa shape index (κ3) is 4.70. The van der Waals surface area contributed by atoms with Gasteiger partial charge in [0.25, 0.3) is 0 Å². The zero-order valence-electron chi connectivity index (χ0n) is 19.3. The monoisotopic (exact) mass is 451 g/mol. The van der Waals surface area contributed by atoms with Gasteiger partial charge in [-0.2, -0.15) is 0 Å². The minimum atomic E-state index is 0.219. The molecule has 0 atom stereocenters. The molecule has 0 aliphatic carbocycles. The molecule has 1 aliphatic rings. The van der Waals surface area contributed by atoms with Crippen molar-refractivity contribution in [3.05, 3.63) is 102 Å². The highest BCUT2D eigenvalue weighted by molar-refractivity contribution is 5.77. The number of nitrogens with one attached hydrogen (secondary N) is 1. The van der Waals surface area contributed by atoms with Crippen LogP contribution in [-0.4, -0.2) is 46.0 Å². The topological polar surface area (TPSA) is 83.2 Å². The second kappa shape index (κ2) is 9.89. The summed E-state index contributed by atoms with van der Waals surface area (Å²) < 4.78 is 0. The fraction of sp³-hybridized carbons (Fsp3) is 0.222. The van der Waals surface area contributed by atoms with Crippen LogP contribution in [0.4, 0.5) is 23.1 Å². The van der Waals surface area contributed by atoms with Crippen LogP contribution >= 0.6 is 0 Å². The number of benzene rings is 2. The zero-order valence-corrected chi connectivity index (χ0v) is 19.3. The van der Waals surface area contributed by atoms with Gasteiger partial charge in [0.05, 0.1) is 6.04 Å². The van der Waals surface area contributed by atoms with Gasteiger partial charge >= 0.3 is 0 Å². The fourth-order valence-corrected chi connectivity index (χ4v) is 4.55. The number of hydrogen-bond acceptors (Lipinski definition) is 7. The predicted octanol–water partition coefficient (Wildman–Crippen LogP) is 4.42. The van der Waals surface area contributed by atoms with Gasteiger partial charge in [-0.05, 0) is 30.2 Å². The van der Waals surface area contributed by atoms with E-state index in [0.717, 1.165) is 43.5 Å². The highest BCUT2D eigenvalue weighted by Crippen LogP contribution is 2.32. The molecule has 0 bridgehead atoms. The molecule has 4 aromatic rings. The van der Waals surface area contributed by atoms with Crippen molar-refractivity contribution in [1.82, 2.24) is 19.9 Å². The highest BCUT2D eigenvalue weighted by atomic mass is 15.3. The van der Waals surface area contributed by atoms with Crippen LogP contribution in [0.2, 0.25) is 0 Å². The van der Waals surface area contributed by atoms with Gasteiger partial charge in [0.1, 0.15) is 17.8 Å². The summed E-state index contributed by atoms with van der Waals surface area (Å²) in [5, 5.41) is 3.24. The normalized spacial score (nSPS) is 14.4. The molecule has 2 aromatic carbocycles. The fourth-order valence-electron chi connectivity index (χ4n) is 4.55. The molecule has 1 aliphatic heterocycles. The smallest absolute Gasteiger partial charge is 0.160 e. The van der Waals surface area contributed by atoms with Crippen molar-refractivity contribution >= 4 is 23.1 Å². The number of nitrogens with zero attached hydrogens (tertiary/aromatic N) is 5. The largest absolute Gasteiger partial charge is 0.393 e. The van der Waals surface area contributed by atoms with E-state index in [1.807, 2.05) is 25.1 Å². The highest BCUT2D eigenvalue weighted by Gasteiger charge is 2.28. The van der Waals surface area contributed by atoms with Crippen LogP contribution in [0.15, 0.2) is 85.2 Å². The van der Waals surface area contributed by atoms with Crippen molar-refractivity contribution in [1.29, 1.82) is 0 Å². The molecule has 0 amide bonds. The van der Waals surface area contributed by atoms with Gasteiger partial charge in [-0.3, -0.25) is 4.90 Å². The number of nitrogens with two attached hydrogens (primary N) is 1. The van der Waals surface area contributed by atoms with E-state index >= 15 is 0 Å². The first-order valence-corrected chi connectivity index (χ1v) is 11.6. The van der Waals surface area contributed by atoms with E-state index in [0.29, 0.717) is 11.5 Å². The van der Waals surface area contributed by atoms with Crippen LogP contribution in [-0.2, 0) is 0 Å². The Kier molecular flexibility index (Phi) is 6.35. The maximum atomic E-state index is 6.51. The number of rotatable bonds is 6. The van der Waals surface area contributed by atoms with Gasteiger partial charge in [0.2, 0.25) is 0 Å². The lowest BCUT2D eigenvalue weighted by Crippen LogP contribution is -2.48. The Labute approximate surface area is 200 Å². The molecular formula is C27H29N7. The van der Waals surface area contributed by atoms with E-state index in [1.165, 1.54) is 11.1 Å². The first-order chi connectivity index (χ1) is 16.7. The Balaban J connectivity index is 1.34. The minimum absolute atomic E-state index is 0.219. The molecule has 2 aromatic heterocycles. The maximum Gasteiger partial charge on any atom is 0.160 e. The number of aromatic nitrogens is 3. The minimum Gasteiger partial charge on any atom is -0.393 e. The SMILES string of the molecule is Cc1cccc(Nc2ncnc(N3CCN(C(c4ccccc4)c4ccccc4)CC3)c2N)n1. The maximum absolute atomic E-state index is 6.51. The van der Waals surface area contributed by atoms with Crippen molar-refractivity contribution in [2.75, 3.05) is 42.1 Å². The molecule has 3 heterocycles. The summed E-state index contributed by atoms with van der Waals surface area (Å²) in [6.07, 6.45) is 1.56. The molecule has 1 saturated heterocycles. The lowest BCUT2D eigenvalue weighted by molar-refractivity contribution is 0.212. The van der Waals surface area contributed by atoms with Gasteiger partial charge < -0.3 is 16.0 Å². The molecular weight excluding hydrogens is 422 g/mol. The van der Waals surface area contributed by atoms with Crippen molar-refractivity contribution in [2.24, 2.45) is 0 Å². The number of anilines is 4. The van der Waals surface area contributed by atoms with Crippen LogP contribution < -0.4 is 16.0 Å². The van der Waals surface area contributed by atoms with Crippen LogP contribution in [0.1, 0.15) is 22.9 Å². The Morgan fingerprint density at radius 1 is 0.794 bits per heavy atom. The third-order valence-corrected chi connectivity index (χ3v) is 6.21. The van der Waals surface area contributed by atoms with E-state index in [-0.39, 0.29) is 6.04 Å². The van der Waals surface area contributed by atoms with Crippen LogP contribution in [0.5, 0.6) is 0 Å². The summed E-state index contributed by atoms with van der Waals surface area (Å²) in [5.74, 6) is 2.06. The van der Waals surface area contributed by atoms with Gasteiger partial charge in [-0.25, -0.2) is 15.0 Å². The van der Waals surface area contributed by atoms with Crippen molar-refractivity contribution in [3.63, 3.8) is 0 Å². The van der Waals surface area contributed by atoms with Gasteiger partial charge in [0, 0.05) is 31.9 Å². The van der Waals surface area contributed by atoms with E-state index in [9.17, 15) is 0 Å². The summed E-state index contributed by atoms with van der Waals surface area (Å²) in [6, 6.07) is 27.5. The van der Waals surface area contributed by atoms with E-state index in [4.69, 9.17) is 5.73 Å².